The first-order valence-corrected chi connectivity index (χ1v) is 20.8. The van der Waals surface area contributed by atoms with Crippen molar-refractivity contribution in [2.24, 2.45) is 5.92 Å². The third-order valence-electron chi connectivity index (χ3n) is 11.3. The van der Waals surface area contributed by atoms with E-state index < -0.39 is 48.4 Å². The zero-order valence-electron chi connectivity index (χ0n) is 29.5. The topological polar surface area (TPSA) is 154 Å². The highest BCUT2D eigenvalue weighted by Gasteiger charge is 2.67. The Balaban J connectivity index is 1.21. The zero-order valence-corrected chi connectivity index (χ0v) is 30.5. The van der Waals surface area contributed by atoms with Gasteiger partial charge in [0, 0.05) is 41.4 Å². The van der Waals surface area contributed by atoms with Crippen LogP contribution >= 0.6 is 0 Å². The van der Waals surface area contributed by atoms with E-state index in [1.54, 1.807) is 30.0 Å². The lowest BCUT2D eigenvalue weighted by molar-refractivity contribution is -0.385. The second-order valence-electron chi connectivity index (χ2n) is 15.0. The molecule has 12 nitrogen and oxygen atoms in total. The summed E-state index contributed by atoms with van der Waals surface area (Å²) < 4.78 is 23.2. The minimum Gasteiger partial charge on any atom is -0.394 e. The number of aliphatic hydroxyl groups is 1. The fraction of sp³-hybridized carbons (Fsp3) is 0.447. The number of carbonyl (C=O) groups excluding carboxylic acids is 3. The van der Waals surface area contributed by atoms with Crippen LogP contribution < -0.4 is 15.5 Å². The van der Waals surface area contributed by atoms with Crippen LogP contribution in [0.15, 0.2) is 66.7 Å². The molecule has 4 aliphatic heterocycles. The molecular formula is C38H44FN5O7Si. The molecule has 4 heterocycles. The van der Waals surface area contributed by atoms with Crippen LogP contribution in [-0.4, -0.2) is 72.4 Å². The van der Waals surface area contributed by atoms with Crippen molar-refractivity contribution in [3.05, 3.63) is 99.1 Å². The smallest absolute Gasteiger partial charge is 0.269 e. The van der Waals surface area contributed by atoms with Crippen LogP contribution in [0.2, 0.25) is 18.6 Å². The van der Waals surface area contributed by atoms with Gasteiger partial charge in [0.05, 0.1) is 48.4 Å². The molecule has 7 rings (SSSR count). The quantitative estimate of drug-likeness (QED) is 0.121. The normalized spacial score (nSPS) is 26.8. The summed E-state index contributed by atoms with van der Waals surface area (Å²) in [6.45, 7) is 5.70. The first-order valence-electron chi connectivity index (χ1n) is 17.9. The number of amides is 3. The second kappa shape index (κ2) is 13.8. The number of nitro benzene ring substituents is 1. The van der Waals surface area contributed by atoms with Gasteiger partial charge in [0.2, 0.25) is 20.2 Å². The Bertz CT molecular complexity index is 1920. The number of benzene rings is 3. The number of aliphatic hydroxyl groups excluding tert-OH is 1. The highest BCUT2D eigenvalue weighted by atomic mass is 28.4. The monoisotopic (exact) mass is 729 g/mol. The third kappa shape index (κ3) is 6.31. The molecule has 0 bridgehead atoms. The maximum Gasteiger partial charge on any atom is 0.269 e. The number of ether oxygens (including phenoxy) is 1. The van der Waals surface area contributed by atoms with Crippen LogP contribution in [0, 0.1) is 16.0 Å². The van der Waals surface area contributed by atoms with E-state index in [9.17, 15) is 29.6 Å². The number of nitrogens with one attached hydrogen (secondary N) is 2. The number of non-ortho nitro benzene ring substituents is 1. The van der Waals surface area contributed by atoms with Crippen molar-refractivity contribution in [1.29, 1.82) is 0 Å². The van der Waals surface area contributed by atoms with E-state index in [0.29, 0.717) is 23.4 Å². The van der Waals surface area contributed by atoms with Gasteiger partial charge in [-0.25, -0.2) is 0 Å². The standard InChI is InChI=1S/C38H44FN5O7Si/c1-23-35(52(2,3)39)33(19-34(46)42-21-26-10-5-4-9-25(26)17-29(42)22-45)51-38(23)30-18-28(44(49)50)13-14-32(30)43(37(38)48)20-24-8-6-11-27(16-24)41-36(47)31-12-7-15-40-31/h4-6,8-11,13-14,16,18,23,29,31,33,35,40,45H,7,12,15,17,19-22H2,1-3H3,(H,41,47)/t23-,29-,31+,33+,35-,38+/m0/s1. The van der Waals surface area contributed by atoms with Gasteiger partial charge in [0.15, 0.2) is 5.60 Å². The van der Waals surface area contributed by atoms with Crippen LogP contribution in [0.3, 0.4) is 0 Å². The van der Waals surface area contributed by atoms with Gasteiger partial charge in [-0.05, 0) is 73.8 Å². The van der Waals surface area contributed by atoms with Crippen molar-refractivity contribution >= 4 is 43.2 Å². The molecule has 274 valence electrons. The largest absolute Gasteiger partial charge is 0.394 e. The van der Waals surface area contributed by atoms with E-state index in [4.69, 9.17) is 4.74 Å². The Morgan fingerprint density at radius 2 is 1.90 bits per heavy atom. The third-order valence-corrected chi connectivity index (χ3v) is 13.8. The lowest BCUT2D eigenvalue weighted by Crippen LogP contribution is -2.48. The van der Waals surface area contributed by atoms with Crippen LogP contribution in [0.25, 0.3) is 0 Å². The molecular weight excluding hydrogens is 686 g/mol. The van der Waals surface area contributed by atoms with Crippen molar-refractivity contribution < 1.29 is 33.3 Å². The van der Waals surface area contributed by atoms with Crippen molar-refractivity contribution in [2.75, 3.05) is 23.4 Å². The number of rotatable bonds is 9. The van der Waals surface area contributed by atoms with Crippen LogP contribution in [-0.2, 0) is 44.2 Å². The van der Waals surface area contributed by atoms with E-state index in [0.717, 1.165) is 30.5 Å². The lowest BCUT2D eigenvalue weighted by Gasteiger charge is -2.37. The zero-order chi connectivity index (χ0) is 36.9. The van der Waals surface area contributed by atoms with Crippen molar-refractivity contribution in [3.63, 3.8) is 0 Å². The summed E-state index contributed by atoms with van der Waals surface area (Å²) in [5.41, 5.74) is 1.14. The van der Waals surface area contributed by atoms with Crippen molar-refractivity contribution in [2.45, 2.75) is 88.1 Å². The Kier molecular flexibility index (Phi) is 9.53. The number of hydrogen-bond donors (Lipinski definition) is 3. The second-order valence-corrected chi connectivity index (χ2v) is 18.8. The number of nitro groups is 1. The average molecular weight is 730 g/mol. The maximum absolute atomic E-state index is 16.5. The molecule has 6 atom stereocenters. The fourth-order valence-corrected chi connectivity index (χ4v) is 11.4. The molecule has 0 unspecified atom stereocenters. The number of anilines is 2. The molecule has 2 saturated heterocycles. The highest BCUT2D eigenvalue weighted by Crippen LogP contribution is 2.60. The molecule has 3 aromatic rings. The molecule has 3 N–H and O–H groups in total. The molecule has 2 fully saturated rings. The Labute approximate surface area is 302 Å². The van der Waals surface area contributed by atoms with Crippen molar-refractivity contribution in [1.82, 2.24) is 10.2 Å². The summed E-state index contributed by atoms with van der Waals surface area (Å²) in [6.07, 6.45) is 0.930. The van der Waals surface area contributed by atoms with E-state index in [1.165, 1.54) is 36.2 Å². The predicted molar refractivity (Wildman–Crippen MR) is 195 cm³/mol. The van der Waals surface area contributed by atoms with E-state index in [1.807, 2.05) is 30.3 Å². The molecule has 0 saturated carbocycles. The molecule has 3 amide bonds. The fourth-order valence-electron chi connectivity index (χ4n) is 8.91. The summed E-state index contributed by atoms with van der Waals surface area (Å²) in [7, 11) is -3.66. The number of halogens is 1. The summed E-state index contributed by atoms with van der Waals surface area (Å²) >= 11 is 0. The molecule has 14 heteroatoms. The maximum atomic E-state index is 16.5. The number of carbonyl (C=O) groups is 3. The Morgan fingerprint density at radius 1 is 1.13 bits per heavy atom. The average Bonchev–Trinajstić information content (AvgIpc) is 3.81. The van der Waals surface area contributed by atoms with Gasteiger partial charge in [-0.1, -0.05) is 43.3 Å². The molecule has 1 spiro atoms. The molecule has 3 aromatic carbocycles. The lowest BCUT2D eigenvalue weighted by atomic mass is 9.82. The summed E-state index contributed by atoms with van der Waals surface area (Å²) in [5, 5.41) is 28.4. The summed E-state index contributed by atoms with van der Waals surface area (Å²) in [5.74, 6) is -1.71. The van der Waals surface area contributed by atoms with Crippen LogP contribution in [0.1, 0.15) is 48.4 Å². The minimum atomic E-state index is -3.66. The first kappa shape index (κ1) is 35.9. The van der Waals surface area contributed by atoms with Gasteiger partial charge in [0.1, 0.15) is 0 Å². The van der Waals surface area contributed by atoms with Gasteiger partial charge in [0.25, 0.3) is 11.6 Å². The van der Waals surface area contributed by atoms with Crippen LogP contribution in [0.4, 0.5) is 21.2 Å². The van der Waals surface area contributed by atoms with Gasteiger partial charge >= 0.3 is 0 Å². The molecule has 0 aliphatic carbocycles. The predicted octanol–water partition coefficient (Wildman–Crippen LogP) is 4.94. The van der Waals surface area contributed by atoms with E-state index in [2.05, 4.69) is 10.6 Å². The summed E-state index contributed by atoms with van der Waals surface area (Å²) in [6, 6.07) is 18.3. The Hall–Kier alpha value is -4.50. The highest BCUT2D eigenvalue weighted by molar-refractivity contribution is 6.72. The summed E-state index contributed by atoms with van der Waals surface area (Å²) in [4.78, 5) is 56.4. The van der Waals surface area contributed by atoms with Gasteiger partial charge in [-0.15, -0.1) is 0 Å². The molecule has 4 aliphatic rings. The van der Waals surface area contributed by atoms with E-state index >= 15 is 4.11 Å². The number of nitrogens with zero attached hydrogens (tertiary/aromatic N) is 3. The SMILES string of the molecule is C[C@H]1[C@H]([Si](C)(C)F)[C@@H](CC(=O)N2Cc3ccccc3C[C@H]2CO)O[C@]12C(=O)N(Cc1cccc(NC(=O)[C@H]3CCCN3)c1)c1ccc([N+](=O)[O-])cc12. The van der Waals surface area contributed by atoms with Gasteiger partial charge < -0.3 is 34.4 Å². The molecule has 52 heavy (non-hydrogen) atoms. The molecule has 0 radical (unpaired) electrons. The van der Waals surface area contributed by atoms with Crippen molar-refractivity contribution in [3.8, 4) is 0 Å². The van der Waals surface area contributed by atoms with E-state index in [-0.39, 0.29) is 55.2 Å². The molecule has 0 aromatic heterocycles. The Morgan fingerprint density at radius 3 is 2.60 bits per heavy atom. The van der Waals surface area contributed by atoms with Gasteiger partial charge in [-0.3, -0.25) is 24.5 Å². The first-order chi connectivity index (χ1) is 24.8. The number of fused-ring (bicyclic) bond motifs is 3. The van der Waals surface area contributed by atoms with Crippen LogP contribution in [0.5, 0.6) is 0 Å². The van der Waals surface area contributed by atoms with Gasteiger partial charge in [-0.2, -0.15) is 0 Å². The number of hydrogen-bond acceptors (Lipinski definition) is 8. The minimum absolute atomic E-state index is 0.0585.